The van der Waals surface area contributed by atoms with Gasteiger partial charge in [0.05, 0.1) is 0 Å². The van der Waals surface area contributed by atoms with Crippen LogP contribution in [0.3, 0.4) is 0 Å². The summed E-state index contributed by atoms with van der Waals surface area (Å²) < 4.78 is 17.1. The summed E-state index contributed by atoms with van der Waals surface area (Å²) in [5.74, 6) is 2.41. The first kappa shape index (κ1) is 17.6. The van der Waals surface area contributed by atoms with Crippen molar-refractivity contribution in [2.75, 3.05) is 18.5 Å². The van der Waals surface area contributed by atoms with Crippen LogP contribution >= 0.6 is 11.6 Å². The maximum atomic E-state index is 6.01. The number of rotatable bonds is 6. The third-order valence-electron chi connectivity index (χ3n) is 4.23. The average molecular weight is 382 g/mol. The molecule has 27 heavy (non-hydrogen) atoms. The minimum absolute atomic E-state index is 0.486. The fraction of sp³-hybridized carbons (Fsp3) is 0.182. The van der Waals surface area contributed by atoms with Gasteiger partial charge in [0.25, 0.3) is 0 Å². The van der Waals surface area contributed by atoms with E-state index in [2.05, 4.69) is 11.4 Å². The molecule has 0 saturated heterocycles. The molecule has 0 aromatic heterocycles. The summed E-state index contributed by atoms with van der Waals surface area (Å²) in [7, 11) is 0. The fourth-order valence-electron chi connectivity index (χ4n) is 2.90. The molecule has 1 N–H and O–H groups in total. The van der Waals surface area contributed by atoms with Crippen LogP contribution in [0.25, 0.3) is 0 Å². The van der Waals surface area contributed by atoms with Crippen molar-refractivity contribution < 1.29 is 14.2 Å². The lowest BCUT2D eigenvalue weighted by atomic mass is 10.2. The van der Waals surface area contributed by atoms with Crippen molar-refractivity contribution in [1.82, 2.24) is 0 Å². The average Bonchev–Trinajstić information content (AvgIpc) is 2.71. The van der Waals surface area contributed by atoms with Crippen molar-refractivity contribution in [3.63, 3.8) is 0 Å². The number of hydrogen-bond acceptors (Lipinski definition) is 4. The number of ether oxygens (including phenoxy) is 3. The van der Waals surface area contributed by atoms with Crippen LogP contribution in [-0.2, 0) is 13.2 Å². The van der Waals surface area contributed by atoms with Gasteiger partial charge in [0.15, 0.2) is 11.5 Å². The summed E-state index contributed by atoms with van der Waals surface area (Å²) in [4.78, 5) is 0. The molecular formula is C22H20ClNO3. The molecule has 0 atom stereocenters. The van der Waals surface area contributed by atoms with Gasteiger partial charge in [0.1, 0.15) is 25.6 Å². The van der Waals surface area contributed by atoms with E-state index in [0.29, 0.717) is 31.4 Å². The van der Waals surface area contributed by atoms with Gasteiger partial charge in [-0.15, -0.1) is 0 Å². The van der Waals surface area contributed by atoms with E-state index in [1.807, 2.05) is 60.7 Å². The van der Waals surface area contributed by atoms with E-state index in [1.165, 1.54) is 0 Å². The minimum Gasteiger partial charge on any atom is -0.489 e. The van der Waals surface area contributed by atoms with E-state index >= 15 is 0 Å². The van der Waals surface area contributed by atoms with Crippen molar-refractivity contribution in [2.45, 2.75) is 13.2 Å². The van der Waals surface area contributed by atoms with Crippen LogP contribution in [0.1, 0.15) is 11.1 Å². The molecular weight excluding hydrogens is 362 g/mol. The lowest BCUT2D eigenvalue weighted by Crippen LogP contribution is -2.15. The summed E-state index contributed by atoms with van der Waals surface area (Å²) in [6.07, 6.45) is 0. The van der Waals surface area contributed by atoms with Gasteiger partial charge in [0, 0.05) is 23.3 Å². The highest BCUT2D eigenvalue weighted by Crippen LogP contribution is 2.32. The van der Waals surface area contributed by atoms with Gasteiger partial charge < -0.3 is 19.5 Å². The van der Waals surface area contributed by atoms with E-state index < -0.39 is 0 Å². The van der Waals surface area contributed by atoms with Gasteiger partial charge in [-0.25, -0.2) is 0 Å². The van der Waals surface area contributed by atoms with Crippen molar-refractivity contribution in [2.24, 2.45) is 0 Å². The molecule has 0 fully saturated rings. The first-order chi connectivity index (χ1) is 13.3. The van der Waals surface area contributed by atoms with Crippen LogP contribution in [0.15, 0.2) is 66.7 Å². The van der Waals surface area contributed by atoms with Crippen LogP contribution < -0.4 is 19.5 Å². The summed E-state index contributed by atoms with van der Waals surface area (Å²) >= 11 is 6.01. The molecule has 3 aromatic rings. The first-order valence-electron chi connectivity index (χ1n) is 8.86. The lowest BCUT2D eigenvalue weighted by Gasteiger charge is -2.19. The Morgan fingerprint density at radius 1 is 0.852 bits per heavy atom. The highest BCUT2D eigenvalue weighted by Gasteiger charge is 2.11. The van der Waals surface area contributed by atoms with Gasteiger partial charge in [-0.1, -0.05) is 35.9 Å². The molecule has 4 nitrogen and oxygen atoms in total. The molecule has 0 spiro atoms. The Morgan fingerprint density at radius 3 is 2.56 bits per heavy atom. The molecule has 0 aliphatic carbocycles. The van der Waals surface area contributed by atoms with Gasteiger partial charge in [-0.05, 0) is 47.5 Å². The van der Waals surface area contributed by atoms with Crippen molar-refractivity contribution in [3.05, 3.63) is 82.9 Å². The summed E-state index contributed by atoms with van der Waals surface area (Å²) in [5.41, 5.74) is 3.17. The molecule has 0 amide bonds. The summed E-state index contributed by atoms with van der Waals surface area (Å²) in [6.45, 7) is 2.36. The van der Waals surface area contributed by atoms with Crippen LogP contribution in [0.5, 0.6) is 17.2 Å². The van der Waals surface area contributed by atoms with Crippen molar-refractivity contribution in [1.29, 1.82) is 0 Å². The Balaban J connectivity index is 1.36. The molecule has 0 saturated carbocycles. The van der Waals surface area contributed by atoms with Crippen LogP contribution in [0, 0.1) is 0 Å². The highest BCUT2D eigenvalue weighted by molar-refractivity contribution is 6.30. The molecule has 138 valence electrons. The predicted octanol–water partition coefficient (Wildman–Crippen LogP) is 5.30. The third-order valence-corrected chi connectivity index (χ3v) is 4.47. The number of fused-ring (bicyclic) bond motifs is 1. The van der Waals surface area contributed by atoms with E-state index in [1.54, 1.807) is 0 Å². The molecule has 3 aromatic carbocycles. The molecule has 0 unspecified atom stereocenters. The summed E-state index contributed by atoms with van der Waals surface area (Å²) in [5, 5.41) is 4.13. The lowest BCUT2D eigenvalue weighted by molar-refractivity contribution is 0.171. The third kappa shape index (κ3) is 4.66. The standard InChI is InChI=1S/C22H20ClNO3/c23-18-5-1-4-17(11-18)15-27-20-6-2-3-16(12-20)14-24-19-7-8-21-22(13-19)26-10-9-25-21/h1-8,11-13,24H,9-10,14-15H2. The molecule has 0 radical (unpaired) electrons. The fourth-order valence-corrected chi connectivity index (χ4v) is 3.11. The Bertz CT molecular complexity index is 929. The van der Waals surface area contributed by atoms with Crippen molar-refractivity contribution in [3.8, 4) is 17.2 Å². The van der Waals surface area contributed by atoms with Gasteiger partial charge in [-0.3, -0.25) is 0 Å². The van der Waals surface area contributed by atoms with E-state index in [9.17, 15) is 0 Å². The van der Waals surface area contributed by atoms with E-state index in [4.69, 9.17) is 25.8 Å². The van der Waals surface area contributed by atoms with Crippen LogP contribution in [0.2, 0.25) is 5.02 Å². The Hall–Kier alpha value is -2.85. The number of anilines is 1. The molecule has 4 rings (SSSR count). The number of halogens is 1. The van der Waals surface area contributed by atoms with E-state index in [-0.39, 0.29) is 0 Å². The maximum Gasteiger partial charge on any atom is 0.163 e. The second-order valence-corrected chi connectivity index (χ2v) is 6.71. The monoisotopic (exact) mass is 381 g/mol. The first-order valence-corrected chi connectivity index (χ1v) is 9.24. The Labute approximate surface area is 163 Å². The number of hydrogen-bond donors (Lipinski definition) is 1. The van der Waals surface area contributed by atoms with Gasteiger partial charge in [0.2, 0.25) is 0 Å². The van der Waals surface area contributed by atoms with E-state index in [0.717, 1.165) is 34.1 Å². The summed E-state index contributed by atoms with van der Waals surface area (Å²) in [6, 6.07) is 21.6. The molecule has 1 aliphatic heterocycles. The van der Waals surface area contributed by atoms with Crippen molar-refractivity contribution >= 4 is 17.3 Å². The highest BCUT2D eigenvalue weighted by atomic mass is 35.5. The smallest absolute Gasteiger partial charge is 0.163 e. The quantitative estimate of drug-likeness (QED) is 0.628. The van der Waals surface area contributed by atoms with Crippen LogP contribution in [-0.4, -0.2) is 13.2 Å². The number of nitrogens with one attached hydrogen (secondary N) is 1. The molecule has 1 heterocycles. The van der Waals surface area contributed by atoms with Gasteiger partial charge in [-0.2, -0.15) is 0 Å². The topological polar surface area (TPSA) is 39.7 Å². The SMILES string of the molecule is Clc1cccc(COc2cccc(CNc3ccc4c(c3)OCCO4)c2)c1. The Kier molecular flexibility index (Phi) is 5.35. The largest absolute Gasteiger partial charge is 0.489 e. The van der Waals surface area contributed by atoms with Gasteiger partial charge >= 0.3 is 0 Å². The maximum absolute atomic E-state index is 6.01. The number of benzene rings is 3. The molecule has 1 aliphatic rings. The molecule has 5 heteroatoms. The zero-order chi connectivity index (χ0) is 18.5. The Morgan fingerprint density at radius 2 is 1.67 bits per heavy atom. The second kappa shape index (κ2) is 8.23. The zero-order valence-electron chi connectivity index (χ0n) is 14.8. The minimum atomic E-state index is 0.486. The normalized spacial score (nSPS) is 12.5. The molecule has 0 bridgehead atoms. The zero-order valence-corrected chi connectivity index (χ0v) is 15.5. The predicted molar refractivity (Wildman–Crippen MR) is 107 cm³/mol. The van der Waals surface area contributed by atoms with Crippen LogP contribution in [0.4, 0.5) is 5.69 Å². The second-order valence-electron chi connectivity index (χ2n) is 6.28.